The molecule has 0 radical (unpaired) electrons. The zero-order chi connectivity index (χ0) is 15.8. The van der Waals surface area contributed by atoms with Crippen LogP contribution < -0.4 is 5.73 Å². The van der Waals surface area contributed by atoms with E-state index in [1.165, 1.54) is 12.8 Å². The van der Waals surface area contributed by atoms with Gasteiger partial charge in [-0.2, -0.15) is 4.98 Å². The van der Waals surface area contributed by atoms with Crippen LogP contribution in [0, 0.1) is 11.8 Å². The summed E-state index contributed by atoms with van der Waals surface area (Å²) >= 11 is 5.91. The maximum atomic E-state index is 6.28. The minimum Gasteiger partial charge on any atom is -0.338 e. The van der Waals surface area contributed by atoms with E-state index in [9.17, 15) is 0 Å². The molecule has 4 rings (SSSR count). The number of nitrogens with zero attached hydrogens (tertiary/aromatic N) is 3. The first-order valence-electron chi connectivity index (χ1n) is 8.25. The monoisotopic (exact) mass is 332 g/mol. The maximum Gasteiger partial charge on any atom is 0.241 e. The molecule has 2 aromatic rings. The molecule has 1 aromatic carbocycles. The van der Waals surface area contributed by atoms with Gasteiger partial charge in [-0.25, -0.2) is 0 Å². The number of hydrogen-bond donors (Lipinski definition) is 1. The van der Waals surface area contributed by atoms with Crippen molar-refractivity contribution in [2.75, 3.05) is 13.1 Å². The molecule has 2 heterocycles. The van der Waals surface area contributed by atoms with Gasteiger partial charge < -0.3 is 10.3 Å². The van der Waals surface area contributed by atoms with E-state index in [0.717, 1.165) is 31.0 Å². The van der Waals surface area contributed by atoms with Crippen molar-refractivity contribution in [2.24, 2.45) is 17.6 Å². The largest absolute Gasteiger partial charge is 0.338 e. The number of fused-ring (bicyclic) bond motifs is 1. The predicted octanol–water partition coefficient (Wildman–Crippen LogP) is 2.95. The standard InChI is InChI=1S/C17H21ClN4O/c18-13-6-4-11(5-7-13)17-20-16(23-21-17)10-22-8-12-2-1-3-15(19)14(12)9-22/h4-7,12,14-15H,1-3,8-10,19H2. The molecule has 1 aliphatic carbocycles. The number of rotatable bonds is 3. The topological polar surface area (TPSA) is 68.2 Å². The Labute approximate surface area is 140 Å². The van der Waals surface area contributed by atoms with E-state index in [1.54, 1.807) is 0 Å². The van der Waals surface area contributed by atoms with Gasteiger partial charge in [0.2, 0.25) is 11.7 Å². The Bertz CT molecular complexity index is 671. The minimum atomic E-state index is 0.353. The Balaban J connectivity index is 1.43. The molecule has 122 valence electrons. The molecule has 6 heteroatoms. The quantitative estimate of drug-likeness (QED) is 0.936. The molecule has 0 amide bonds. The Morgan fingerprint density at radius 3 is 2.83 bits per heavy atom. The maximum absolute atomic E-state index is 6.28. The van der Waals surface area contributed by atoms with E-state index < -0.39 is 0 Å². The second-order valence-electron chi connectivity index (χ2n) is 6.73. The summed E-state index contributed by atoms with van der Waals surface area (Å²) in [5.74, 6) is 2.65. The van der Waals surface area contributed by atoms with Gasteiger partial charge in [-0.15, -0.1) is 0 Å². The fourth-order valence-electron chi connectivity index (χ4n) is 3.96. The normalized spacial score (nSPS) is 28.0. The number of aromatic nitrogens is 2. The lowest BCUT2D eigenvalue weighted by Crippen LogP contribution is -2.38. The highest BCUT2D eigenvalue weighted by Gasteiger charge is 2.38. The summed E-state index contributed by atoms with van der Waals surface area (Å²) in [5, 5.41) is 4.79. The van der Waals surface area contributed by atoms with E-state index in [2.05, 4.69) is 15.0 Å². The van der Waals surface area contributed by atoms with Crippen LogP contribution >= 0.6 is 11.6 Å². The van der Waals surface area contributed by atoms with Crippen LogP contribution in [0.5, 0.6) is 0 Å². The van der Waals surface area contributed by atoms with Gasteiger partial charge in [0.1, 0.15) is 0 Å². The summed E-state index contributed by atoms with van der Waals surface area (Å²) in [5.41, 5.74) is 7.20. The van der Waals surface area contributed by atoms with Crippen LogP contribution in [0.1, 0.15) is 25.2 Å². The van der Waals surface area contributed by atoms with Gasteiger partial charge in [0.25, 0.3) is 0 Å². The van der Waals surface area contributed by atoms with Crippen molar-refractivity contribution in [3.63, 3.8) is 0 Å². The first-order valence-corrected chi connectivity index (χ1v) is 8.63. The zero-order valence-corrected chi connectivity index (χ0v) is 13.7. The molecule has 2 N–H and O–H groups in total. The van der Waals surface area contributed by atoms with Crippen LogP contribution in [-0.2, 0) is 6.54 Å². The second kappa shape index (κ2) is 6.23. The minimum absolute atomic E-state index is 0.353. The summed E-state index contributed by atoms with van der Waals surface area (Å²) in [6.07, 6.45) is 3.72. The van der Waals surface area contributed by atoms with Gasteiger partial charge in [0, 0.05) is 29.7 Å². The number of halogens is 1. The van der Waals surface area contributed by atoms with Crippen molar-refractivity contribution < 1.29 is 4.52 Å². The van der Waals surface area contributed by atoms with Crippen molar-refractivity contribution in [1.82, 2.24) is 15.0 Å². The lowest BCUT2D eigenvalue weighted by molar-refractivity contribution is 0.252. The van der Waals surface area contributed by atoms with Gasteiger partial charge in [0.15, 0.2) is 0 Å². The van der Waals surface area contributed by atoms with E-state index in [1.807, 2.05) is 24.3 Å². The molecule has 3 unspecified atom stereocenters. The number of nitrogens with two attached hydrogens (primary N) is 1. The van der Waals surface area contributed by atoms with E-state index >= 15 is 0 Å². The molecule has 2 fully saturated rings. The summed E-state index contributed by atoms with van der Waals surface area (Å²) in [4.78, 5) is 6.92. The molecular weight excluding hydrogens is 312 g/mol. The van der Waals surface area contributed by atoms with Crippen LogP contribution in [0.3, 0.4) is 0 Å². The summed E-state index contributed by atoms with van der Waals surface area (Å²) < 4.78 is 5.42. The van der Waals surface area contributed by atoms with Crippen LogP contribution in [0.4, 0.5) is 0 Å². The van der Waals surface area contributed by atoms with Gasteiger partial charge in [-0.05, 0) is 48.9 Å². The molecule has 1 aromatic heterocycles. The average Bonchev–Trinajstić information content (AvgIpc) is 3.16. The van der Waals surface area contributed by atoms with Gasteiger partial charge in [-0.1, -0.05) is 23.2 Å². The molecule has 1 saturated heterocycles. The van der Waals surface area contributed by atoms with E-state index in [-0.39, 0.29) is 0 Å². The van der Waals surface area contributed by atoms with Crippen LogP contribution in [-0.4, -0.2) is 34.2 Å². The fourth-order valence-corrected chi connectivity index (χ4v) is 4.09. The Kier molecular flexibility index (Phi) is 4.09. The van der Waals surface area contributed by atoms with Crippen LogP contribution in [0.25, 0.3) is 11.4 Å². The Hall–Kier alpha value is -1.43. The van der Waals surface area contributed by atoms with Crippen LogP contribution in [0.15, 0.2) is 28.8 Å². The Morgan fingerprint density at radius 2 is 2.04 bits per heavy atom. The van der Waals surface area contributed by atoms with Gasteiger partial charge in [0.05, 0.1) is 6.54 Å². The first kappa shape index (κ1) is 15.1. The molecule has 1 saturated carbocycles. The van der Waals surface area contributed by atoms with Crippen LogP contribution in [0.2, 0.25) is 5.02 Å². The first-order chi connectivity index (χ1) is 11.2. The molecule has 2 aliphatic rings. The second-order valence-corrected chi connectivity index (χ2v) is 7.17. The summed E-state index contributed by atoms with van der Waals surface area (Å²) in [6.45, 7) is 2.85. The number of benzene rings is 1. The van der Waals surface area contributed by atoms with Crippen molar-refractivity contribution in [3.8, 4) is 11.4 Å². The zero-order valence-electron chi connectivity index (χ0n) is 13.0. The number of likely N-dealkylation sites (tertiary alicyclic amines) is 1. The molecule has 23 heavy (non-hydrogen) atoms. The highest BCUT2D eigenvalue weighted by molar-refractivity contribution is 6.30. The fraction of sp³-hybridized carbons (Fsp3) is 0.529. The molecule has 3 atom stereocenters. The number of hydrogen-bond acceptors (Lipinski definition) is 5. The summed E-state index contributed by atoms with van der Waals surface area (Å²) in [7, 11) is 0. The van der Waals surface area contributed by atoms with Crippen molar-refractivity contribution in [3.05, 3.63) is 35.2 Å². The SMILES string of the molecule is NC1CCCC2CN(Cc3nc(-c4ccc(Cl)cc4)no3)CC12. The molecule has 1 aliphatic heterocycles. The average molecular weight is 333 g/mol. The third-order valence-electron chi connectivity index (χ3n) is 5.16. The van der Waals surface area contributed by atoms with Gasteiger partial charge >= 0.3 is 0 Å². The smallest absolute Gasteiger partial charge is 0.241 e. The molecule has 5 nitrogen and oxygen atoms in total. The lowest BCUT2D eigenvalue weighted by atomic mass is 9.78. The Morgan fingerprint density at radius 1 is 1.22 bits per heavy atom. The third kappa shape index (κ3) is 3.13. The highest BCUT2D eigenvalue weighted by atomic mass is 35.5. The summed E-state index contributed by atoms with van der Waals surface area (Å²) in [6, 6.07) is 7.82. The van der Waals surface area contributed by atoms with E-state index in [4.69, 9.17) is 21.9 Å². The molecule has 0 spiro atoms. The molecular formula is C17H21ClN4O. The van der Waals surface area contributed by atoms with Crippen molar-refractivity contribution in [2.45, 2.75) is 31.8 Å². The lowest BCUT2D eigenvalue weighted by Gasteiger charge is -2.29. The molecule has 0 bridgehead atoms. The van der Waals surface area contributed by atoms with Crippen molar-refractivity contribution in [1.29, 1.82) is 0 Å². The third-order valence-corrected chi connectivity index (χ3v) is 5.41. The van der Waals surface area contributed by atoms with Crippen molar-refractivity contribution >= 4 is 11.6 Å². The van der Waals surface area contributed by atoms with Gasteiger partial charge in [-0.3, -0.25) is 4.90 Å². The predicted molar refractivity (Wildman–Crippen MR) is 88.8 cm³/mol. The highest BCUT2D eigenvalue weighted by Crippen LogP contribution is 2.36. The van der Waals surface area contributed by atoms with E-state index in [0.29, 0.717) is 35.2 Å².